The molecule has 0 fully saturated rings. The van der Waals surface area contributed by atoms with Crippen molar-refractivity contribution in [2.45, 2.75) is 30.8 Å². The third kappa shape index (κ3) is 3.78. The van der Waals surface area contributed by atoms with Gasteiger partial charge in [-0.15, -0.1) is 0 Å². The lowest BCUT2D eigenvalue weighted by atomic mass is 10.2. The van der Waals surface area contributed by atoms with Gasteiger partial charge in [0.15, 0.2) is 4.90 Å². The minimum Gasteiger partial charge on any atom is -0.393 e. The van der Waals surface area contributed by atoms with Crippen molar-refractivity contribution in [1.29, 1.82) is 0 Å². The van der Waals surface area contributed by atoms with Crippen molar-refractivity contribution in [1.82, 2.24) is 13.9 Å². The molecule has 1 heterocycles. The largest absolute Gasteiger partial charge is 0.393 e. The van der Waals surface area contributed by atoms with Crippen LogP contribution in [0.4, 0.5) is 0 Å². The van der Waals surface area contributed by atoms with E-state index < -0.39 is 32.3 Å². The third-order valence-electron chi connectivity index (χ3n) is 2.80. The van der Waals surface area contributed by atoms with E-state index in [4.69, 9.17) is 5.11 Å². The molecule has 9 heteroatoms. The number of aryl methyl sites for hydroxylation is 1. The SMILES string of the molecule is CC(O)CCCNS(=O)(=O)c1cn(C)c(=O)n(C)c1=O. The number of hydrogen-bond donors (Lipinski definition) is 2. The molecule has 114 valence electrons. The Balaban J connectivity index is 3.00. The van der Waals surface area contributed by atoms with Crippen LogP contribution in [0.15, 0.2) is 20.7 Å². The molecule has 8 nitrogen and oxygen atoms in total. The van der Waals surface area contributed by atoms with Crippen LogP contribution in [0.3, 0.4) is 0 Å². The fourth-order valence-corrected chi connectivity index (χ4v) is 2.87. The Morgan fingerprint density at radius 3 is 2.50 bits per heavy atom. The second-order valence-corrected chi connectivity index (χ2v) is 6.38. The highest BCUT2D eigenvalue weighted by atomic mass is 32.2. The van der Waals surface area contributed by atoms with Crippen LogP contribution in [0.1, 0.15) is 19.8 Å². The molecule has 0 saturated carbocycles. The molecule has 20 heavy (non-hydrogen) atoms. The number of nitrogens with zero attached hydrogens (tertiary/aromatic N) is 2. The average molecular weight is 305 g/mol. The molecule has 1 atom stereocenters. The Hall–Kier alpha value is -1.45. The first-order chi connectivity index (χ1) is 9.16. The van der Waals surface area contributed by atoms with E-state index in [-0.39, 0.29) is 6.54 Å². The Labute approximate surface area is 116 Å². The summed E-state index contributed by atoms with van der Waals surface area (Å²) < 4.78 is 28.1. The number of aliphatic hydroxyl groups excluding tert-OH is 1. The molecule has 0 aromatic carbocycles. The van der Waals surface area contributed by atoms with Gasteiger partial charge in [0.1, 0.15) is 0 Å². The molecule has 1 aromatic rings. The highest BCUT2D eigenvalue weighted by molar-refractivity contribution is 7.89. The second-order valence-electron chi connectivity index (χ2n) is 4.64. The summed E-state index contributed by atoms with van der Waals surface area (Å²) in [7, 11) is -1.39. The Bertz CT molecular complexity index is 687. The van der Waals surface area contributed by atoms with Crippen molar-refractivity contribution in [3.8, 4) is 0 Å². The van der Waals surface area contributed by atoms with Gasteiger partial charge < -0.3 is 9.67 Å². The monoisotopic (exact) mass is 305 g/mol. The molecule has 1 aromatic heterocycles. The topological polar surface area (TPSA) is 110 Å². The average Bonchev–Trinajstić information content (AvgIpc) is 2.36. The molecule has 1 unspecified atom stereocenters. The van der Waals surface area contributed by atoms with Crippen molar-refractivity contribution >= 4 is 10.0 Å². The molecule has 1 rings (SSSR count). The van der Waals surface area contributed by atoms with E-state index in [9.17, 15) is 18.0 Å². The number of aromatic nitrogens is 2. The normalized spacial score (nSPS) is 13.4. The first kappa shape index (κ1) is 16.6. The van der Waals surface area contributed by atoms with Crippen LogP contribution < -0.4 is 16.0 Å². The fourth-order valence-electron chi connectivity index (χ4n) is 1.64. The van der Waals surface area contributed by atoms with Gasteiger partial charge >= 0.3 is 5.69 Å². The summed E-state index contributed by atoms with van der Waals surface area (Å²) in [5.41, 5.74) is -1.46. The lowest BCUT2D eigenvalue weighted by Gasteiger charge is -2.09. The number of hydrogen-bond acceptors (Lipinski definition) is 5. The minimum atomic E-state index is -3.98. The van der Waals surface area contributed by atoms with Crippen LogP contribution in [-0.4, -0.2) is 35.3 Å². The lowest BCUT2D eigenvalue weighted by molar-refractivity contribution is 0.182. The molecule has 0 bridgehead atoms. The van der Waals surface area contributed by atoms with Crippen LogP contribution in [0.2, 0.25) is 0 Å². The van der Waals surface area contributed by atoms with Gasteiger partial charge in [0.2, 0.25) is 10.0 Å². The number of aliphatic hydroxyl groups is 1. The lowest BCUT2D eigenvalue weighted by Crippen LogP contribution is -2.41. The predicted molar refractivity (Wildman–Crippen MR) is 73.0 cm³/mol. The Morgan fingerprint density at radius 2 is 1.95 bits per heavy atom. The highest BCUT2D eigenvalue weighted by Gasteiger charge is 2.20. The van der Waals surface area contributed by atoms with Gasteiger partial charge in [-0.2, -0.15) is 0 Å². The summed E-state index contributed by atoms with van der Waals surface area (Å²) in [5, 5.41) is 9.08. The Morgan fingerprint density at radius 1 is 1.35 bits per heavy atom. The summed E-state index contributed by atoms with van der Waals surface area (Å²) >= 11 is 0. The first-order valence-corrected chi connectivity index (χ1v) is 7.59. The maximum atomic E-state index is 12.0. The van der Waals surface area contributed by atoms with E-state index in [1.54, 1.807) is 6.92 Å². The summed E-state index contributed by atoms with van der Waals surface area (Å²) in [5.74, 6) is 0. The van der Waals surface area contributed by atoms with Gasteiger partial charge in [-0.3, -0.25) is 9.36 Å². The van der Waals surface area contributed by atoms with Crippen molar-refractivity contribution in [3.05, 3.63) is 27.0 Å². The molecule has 0 aliphatic carbocycles. The van der Waals surface area contributed by atoms with Crippen LogP contribution in [0.5, 0.6) is 0 Å². The van der Waals surface area contributed by atoms with Gasteiger partial charge in [-0.05, 0) is 19.8 Å². The van der Waals surface area contributed by atoms with Gasteiger partial charge in [-0.25, -0.2) is 17.9 Å². The van der Waals surface area contributed by atoms with Gasteiger partial charge in [-0.1, -0.05) is 0 Å². The zero-order valence-electron chi connectivity index (χ0n) is 11.7. The molecular weight excluding hydrogens is 286 g/mol. The molecule has 0 spiro atoms. The second kappa shape index (κ2) is 6.33. The number of nitrogens with one attached hydrogen (secondary N) is 1. The molecule has 0 aliphatic rings. The quantitative estimate of drug-likeness (QED) is 0.623. The summed E-state index contributed by atoms with van der Waals surface area (Å²) in [6.45, 7) is 1.72. The highest BCUT2D eigenvalue weighted by Crippen LogP contribution is 2.01. The molecule has 0 radical (unpaired) electrons. The van der Waals surface area contributed by atoms with Gasteiger partial charge in [0, 0.05) is 26.8 Å². The van der Waals surface area contributed by atoms with Crippen LogP contribution in [0.25, 0.3) is 0 Å². The van der Waals surface area contributed by atoms with E-state index >= 15 is 0 Å². The molecule has 2 N–H and O–H groups in total. The standard InChI is InChI=1S/C11H19N3O5S/c1-8(15)5-4-6-12-20(18,19)9-7-13(2)11(17)14(3)10(9)16/h7-8,12,15H,4-6H2,1-3H3. The maximum Gasteiger partial charge on any atom is 0.330 e. The number of sulfonamides is 1. The fraction of sp³-hybridized carbons (Fsp3) is 0.636. The third-order valence-corrected chi connectivity index (χ3v) is 4.24. The van der Waals surface area contributed by atoms with Crippen molar-refractivity contribution in [3.63, 3.8) is 0 Å². The van der Waals surface area contributed by atoms with Gasteiger partial charge in [0.25, 0.3) is 5.56 Å². The summed E-state index contributed by atoms with van der Waals surface area (Å²) in [6, 6.07) is 0. The van der Waals surface area contributed by atoms with Crippen LogP contribution >= 0.6 is 0 Å². The smallest absolute Gasteiger partial charge is 0.330 e. The van der Waals surface area contributed by atoms with Gasteiger partial charge in [0.05, 0.1) is 6.10 Å². The molecular formula is C11H19N3O5S. The van der Waals surface area contributed by atoms with Crippen molar-refractivity contribution < 1.29 is 13.5 Å². The first-order valence-electron chi connectivity index (χ1n) is 6.11. The predicted octanol–water partition coefficient (Wildman–Crippen LogP) is -1.48. The summed E-state index contributed by atoms with van der Waals surface area (Å²) in [6.07, 6.45) is 1.39. The van der Waals surface area contributed by atoms with Crippen LogP contribution in [0, 0.1) is 0 Å². The van der Waals surface area contributed by atoms with E-state index in [1.807, 2.05) is 0 Å². The molecule has 0 amide bonds. The molecule has 0 saturated heterocycles. The van der Waals surface area contributed by atoms with Crippen LogP contribution in [-0.2, 0) is 24.1 Å². The van der Waals surface area contributed by atoms with E-state index in [0.717, 1.165) is 15.3 Å². The summed E-state index contributed by atoms with van der Waals surface area (Å²) in [4.78, 5) is 22.8. The Kier molecular flexibility index (Phi) is 5.26. The van der Waals surface area contributed by atoms with E-state index in [2.05, 4.69) is 4.72 Å². The maximum absolute atomic E-state index is 12.0. The minimum absolute atomic E-state index is 0.110. The van der Waals surface area contributed by atoms with Crippen molar-refractivity contribution in [2.24, 2.45) is 14.1 Å². The van der Waals surface area contributed by atoms with E-state index in [0.29, 0.717) is 12.8 Å². The molecule has 0 aliphatic heterocycles. The van der Waals surface area contributed by atoms with E-state index in [1.165, 1.54) is 14.1 Å². The zero-order valence-corrected chi connectivity index (χ0v) is 12.5. The number of rotatable bonds is 6. The van der Waals surface area contributed by atoms with Crippen molar-refractivity contribution in [2.75, 3.05) is 6.54 Å². The zero-order chi connectivity index (χ0) is 15.5.